The highest BCUT2D eigenvalue weighted by atomic mass is 127. The van der Waals surface area contributed by atoms with Crippen molar-refractivity contribution in [2.75, 3.05) is 40.0 Å². The quantitative estimate of drug-likeness (QED) is 0.264. The minimum atomic E-state index is 0. The van der Waals surface area contributed by atoms with E-state index < -0.39 is 0 Å². The fraction of sp³-hybridized carbons (Fsp3) is 0.667. The van der Waals surface area contributed by atoms with Gasteiger partial charge in [0.25, 0.3) is 0 Å². The van der Waals surface area contributed by atoms with E-state index in [2.05, 4.69) is 21.7 Å². The second kappa shape index (κ2) is 12.3. The zero-order valence-corrected chi connectivity index (χ0v) is 17.2. The summed E-state index contributed by atoms with van der Waals surface area (Å²) >= 11 is 7.54. The maximum absolute atomic E-state index is 5.92. The summed E-state index contributed by atoms with van der Waals surface area (Å²) in [7, 11) is 1.78. The first-order valence-corrected chi connectivity index (χ1v) is 8.85. The molecule has 1 aromatic heterocycles. The molecule has 2 heterocycles. The fourth-order valence-corrected chi connectivity index (χ4v) is 3.27. The van der Waals surface area contributed by atoms with Crippen molar-refractivity contribution in [2.24, 2.45) is 4.99 Å². The molecule has 0 saturated carbocycles. The minimum absolute atomic E-state index is 0. The minimum Gasteiger partial charge on any atom is -0.379 e. The molecule has 23 heavy (non-hydrogen) atoms. The molecular formula is C15H25ClIN3O2S. The molecule has 0 spiro atoms. The third kappa shape index (κ3) is 8.53. The molecule has 0 bridgehead atoms. The molecule has 0 aromatic carbocycles. The standard InChI is InChI=1S/C15H24ClN3O2S.HI/c1-17-15(19-8-5-13-3-4-14(16)22-13)18-7-2-9-21-12-6-10-20-11-12;/h3-4,12H,2,5-11H2,1H3,(H2,17,18,19);1H. The molecule has 1 fully saturated rings. The van der Waals surface area contributed by atoms with Gasteiger partial charge in [-0.15, -0.1) is 35.3 Å². The van der Waals surface area contributed by atoms with Gasteiger partial charge in [-0.2, -0.15) is 0 Å². The Hall–Kier alpha value is -0.0900. The van der Waals surface area contributed by atoms with Crippen LogP contribution in [-0.2, 0) is 15.9 Å². The van der Waals surface area contributed by atoms with Crippen molar-refractivity contribution < 1.29 is 9.47 Å². The van der Waals surface area contributed by atoms with Crippen molar-refractivity contribution in [1.82, 2.24) is 10.6 Å². The highest BCUT2D eigenvalue weighted by Gasteiger charge is 2.15. The third-order valence-corrected chi connectivity index (χ3v) is 4.66. The summed E-state index contributed by atoms with van der Waals surface area (Å²) in [6, 6.07) is 4.00. The second-order valence-electron chi connectivity index (χ2n) is 5.09. The number of halogens is 2. The van der Waals surface area contributed by atoms with E-state index in [1.165, 1.54) is 4.88 Å². The van der Waals surface area contributed by atoms with E-state index in [-0.39, 0.29) is 30.1 Å². The van der Waals surface area contributed by atoms with Gasteiger partial charge in [-0.05, 0) is 31.4 Å². The average molecular weight is 474 g/mol. The van der Waals surface area contributed by atoms with Crippen LogP contribution in [0.2, 0.25) is 4.34 Å². The van der Waals surface area contributed by atoms with Gasteiger partial charge < -0.3 is 20.1 Å². The summed E-state index contributed by atoms with van der Waals surface area (Å²) in [5.74, 6) is 0.826. The zero-order valence-electron chi connectivity index (χ0n) is 13.3. The predicted octanol–water partition coefficient (Wildman–Crippen LogP) is 2.92. The topological polar surface area (TPSA) is 54.9 Å². The summed E-state index contributed by atoms with van der Waals surface area (Å²) in [6.07, 6.45) is 3.21. The van der Waals surface area contributed by atoms with E-state index in [0.29, 0.717) is 0 Å². The normalized spacial score (nSPS) is 17.8. The number of nitrogens with one attached hydrogen (secondary N) is 2. The maximum Gasteiger partial charge on any atom is 0.190 e. The molecule has 1 saturated heterocycles. The van der Waals surface area contributed by atoms with Gasteiger partial charge >= 0.3 is 0 Å². The second-order valence-corrected chi connectivity index (χ2v) is 6.89. The molecule has 1 aliphatic rings. The van der Waals surface area contributed by atoms with E-state index in [0.717, 1.165) is 62.5 Å². The average Bonchev–Trinajstić information content (AvgIpc) is 3.17. The van der Waals surface area contributed by atoms with Gasteiger partial charge in [-0.25, -0.2) is 0 Å². The Labute approximate surface area is 164 Å². The molecule has 0 radical (unpaired) electrons. The smallest absolute Gasteiger partial charge is 0.190 e. The summed E-state index contributed by atoms with van der Waals surface area (Å²) in [4.78, 5) is 5.49. The number of hydrogen-bond acceptors (Lipinski definition) is 4. The molecular weight excluding hydrogens is 449 g/mol. The number of hydrogen-bond donors (Lipinski definition) is 2. The van der Waals surface area contributed by atoms with Crippen LogP contribution in [0.15, 0.2) is 17.1 Å². The van der Waals surface area contributed by atoms with Crippen molar-refractivity contribution in [3.8, 4) is 0 Å². The van der Waals surface area contributed by atoms with Gasteiger partial charge in [-0.1, -0.05) is 11.6 Å². The molecule has 1 aliphatic heterocycles. The number of ether oxygens (including phenoxy) is 2. The molecule has 1 aromatic rings. The lowest BCUT2D eigenvalue weighted by Crippen LogP contribution is -2.39. The Morgan fingerprint density at radius 1 is 1.43 bits per heavy atom. The highest BCUT2D eigenvalue weighted by Crippen LogP contribution is 2.21. The van der Waals surface area contributed by atoms with Crippen LogP contribution in [0.25, 0.3) is 0 Å². The van der Waals surface area contributed by atoms with Crippen LogP contribution in [0.5, 0.6) is 0 Å². The Kier molecular flexibility index (Phi) is 11.2. The predicted molar refractivity (Wildman–Crippen MR) is 108 cm³/mol. The molecule has 2 rings (SSSR count). The van der Waals surface area contributed by atoms with Crippen LogP contribution < -0.4 is 10.6 Å². The number of rotatable bonds is 8. The van der Waals surface area contributed by atoms with Crippen LogP contribution in [-0.4, -0.2) is 52.0 Å². The highest BCUT2D eigenvalue weighted by molar-refractivity contribution is 14.0. The SMILES string of the molecule is CN=C(NCCCOC1CCOC1)NCCc1ccc(Cl)s1.I. The van der Waals surface area contributed by atoms with Crippen LogP contribution in [0.4, 0.5) is 0 Å². The van der Waals surface area contributed by atoms with E-state index in [1.807, 2.05) is 6.07 Å². The monoisotopic (exact) mass is 473 g/mol. The first kappa shape index (κ1) is 21.0. The third-order valence-electron chi connectivity index (χ3n) is 3.37. The maximum atomic E-state index is 5.92. The van der Waals surface area contributed by atoms with Crippen molar-refractivity contribution in [3.63, 3.8) is 0 Å². The number of guanidine groups is 1. The Bertz CT molecular complexity index is 467. The summed E-state index contributed by atoms with van der Waals surface area (Å²) in [6.45, 7) is 4.01. The van der Waals surface area contributed by atoms with E-state index in [9.17, 15) is 0 Å². The largest absolute Gasteiger partial charge is 0.379 e. The van der Waals surface area contributed by atoms with E-state index in [1.54, 1.807) is 18.4 Å². The van der Waals surface area contributed by atoms with Gasteiger partial charge in [0.05, 0.1) is 17.0 Å². The Balaban J connectivity index is 0.00000264. The van der Waals surface area contributed by atoms with E-state index in [4.69, 9.17) is 21.1 Å². The van der Waals surface area contributed by atoms with Crippen LogP contribution in [0, 0.1) is 0 Å². The molecule has 132 valence electrons. The van der Waals surface area contributed by atoms with Crippen molar-refractivity contribution in [1.29, 1.82) is 0 Å². The molecule has 5 nitrogen and oxygen atoms in total. The van der Waals surface area contributed by atoms with Crippen molar-refractivity contribution >= 4 is 52.9 Å². The molecule has 2 N–H and O–H groups in total. The van der Waals surface area contributed by atoms with Crippen LogP contribution >= 0.6 is 46.9 Å². The van der Waals surface area contributed by atoms with Crippen LogP contribution in [0.3, 0.4) is 0 Å². The zero-order chi connectivity index (χ0) is 15.6. The number of aliphatic imine (C=N–C) groups is 1. The summed E-state index contributed by atoms with van der Waals surface area (Å²) in [5, 5.41) is 6.59. The lowest BCUT2D eigenvalue weighted by Gasteiger charge is -2.13. The summed E-state index contributed by atoms with van der Waals surface area (Å²) < 4.78 is 11.8. The number of nitrogens with zero attached hydrogens (tertiary/aromatic N) is 1. The van der Waals surface area contributed by atoms with Crippen molar-refractivity contribution in [3.05, 3.63) is 21.3 Å². The van der Waals surface area contributed by atoms with Crippen molar-refractivity contribution in [2.45, 2.75) is 25.4 Å². The van der Waals surface area contributed by atoms with Gasteiger partial charge in [0.1, 0.15) is 0 Å². The molecule has 0 aliphatic carbocycles. The van der Waals surface area contributed by atoms with Gasteiger partial charge in [-0.3, -0.25) is 4.99 Å². The van der Waals surface area contributed by atoms with E-state index >= 15 is 0 Å². The lowest BCUT2D eigenvalue weighted by atomic mass is 10.3. The lowest BCUT2D eigenvalue weighted by molar-refractivity contribution is 0.0420. The molecule has 8 heteroatoms. The van der Waals surface area contributed by atoms with Gasteiger partial charge in [0.15, 0.2) is 5.96 Å². The Morgan fingerprint density at radius 3 is 2.91 bits per heavy atom. The van der Waals surface area contributed by atoms with Gasteiger partial charge in [0, 0.05) is 38.2 Å². The van der Waals surface area contributed by atoms with Crippen LogP contribution in [0.1, 0.15) is 17.7 Å². The molecule has 0 amide bonds. The Morgan fingerprint density at radius 2 is 2.26 bits per heavy atom. The summed E-state index contributed by atoms with van der Waals surface area (Å²) in [5.41, 5.74) is 0. The molecule has 1 unspecified atom stereocenters. The first-order chi connectivity index (χ1) is 10.8. The molecule has 1 atom stereocenters. The van der Waals surface area contributed by atoms with Gasteiger partial charge in [0.2, 0.25) is 0 Å². The fourth-order valence-electron chi connectivity index (χ4n) is 2.18. The first-order valence-electron chi connectivity index (χ1n) is 7.66. The number of thiophene rings is 1.